The fourth-order valence-electron chi connectivity index (χ4n) is 2.85. The van der Waals surface area contributed by atoms with Gasteiger partial charge in [-0.25, -0.2) is 13.6 Å². The Balaban J connectivity index is 1.90. The number of hydrazone groups is 1. The maximum Gasteiger partial charge on any atom is 0.280 e. The molecule has 0 radical (unpaired) electrons. The number of ether oxygens (including phenoxy) is 2. The van der Waals surface area contributed by atoms with Crippen molar-refractivity contribution in [2.24, 2.45) is 10.2 Å². The van der Waals surface area contributed by atoms with Crippen LogP contribution >= 0.6 is 0 Å². The molecule has 29 heavy (non-hydrogen) atoms. The molecule has 0 aliphatic carbocycles. The first-order chi connectivity index (χ1) is 13.7. The van der Waals surface area contributed by atoms with E-state index in [9.17, 15) is 13.2 Å². The number of amides is 1. The highest BCUT2D eigenvalue weighted by atomic mass is 32.2. The van der Waals surface area contributed by atoms with Gasteiger partial charge in [0.25, 0.3) is 5.91 Å². The maximum atomic E-state index is 12.9. The van der Waals surface area contributed by atoms with Gasteiger partial charge in [0.2, 0.25) is 10.0 Å². The molecule has 0 aromatic heterocycles. The van der Waals surface area contributed by atoms with Crippen LogP contribution in [0.25, 0.3) is 6.08 Å². The molecule has 8 nitrogen and oxygen atoms in total. The third-order valence-electron chi connectivity index (χ3n) is 4.27. The molecular formula is C20H21N3O5S. The Morgan fingerprint density at radius 1 is 1.14 bits per heavy atom. The largest absolute Gasteiger partial charge is 0.493 e. The van der Waals surface area contributed by atoms with E-state index in [1.165, 1.54) is 29.3 Å². The van der Waals surface area contributed by atoms with Crippen LogP contribution in [-0.2, 0) is 14.8 Å². The minimum atomic E-state index is -3.81. The second kappa shape index (κ2) is 8.06. The minimum absolute atomic E-state index is 0.0363. The van der Waals surface area contributed by atoms with E-state index in [1.54, 1.807) is 32.2 Å². The molecule has 1 amide bonds. The third kappa shape index (κ3) is 4.30. The van der Waals surface area contributed by atoms with Crippen LogP contribution in [0.15, 0.2) is 58.0 Å². The second-order valence-corrected chi connectivity index (χ2v) is 7.80. The summed E-state index contributed by atoms with van der Waals surface area (Å²) >= 11 is 0. The van der Waals surface area contributed by atoms with Gasteiger partial charge in [0.1, 0.15) is 0 Å². The van der Waals surface area contributed by atoms with Crippen LogP contribution in [0.4, 0.5) is 5.69 Å². The summed E-state index contributed by atoms with van der Waals surface area (Å²) in [5, 5.41) is 10.6. The molecule has 2 aromatic rings. The highest BCUT2D eigenvalue weighted by Crippen LogP contribution is 2.30. The number of hydrogen-bond acceptors (Lipinski definition) is 6. The van der Waals surface area contributed by atoms with Crippen molar-refractivity contribution in [3.63, 3.8) is 0 Å². The molecule has 0 atom stereocenters. The predicted octanol–water partition coefficient (Wildman–Crippen LogP) is 2.55. The van der Waals surface area contributed by atoms with E-state index < -0.39 is 10.0 Å². The molecule has 0 unspecified atom stereocenters. The number of nitrogens with zero attached hydrogens (tertiary/aromatic N) is 2. The monoisotopic (exact) mass is 415 g/mol. The van der Waals surface area contributed by atoms with Gasteiger partial charge in [-0.1, -0.05) is 6.07 Å². The van der Waals surface area contributed by atoms with Crippen LogP contribution in [-0.4, -0.2) is 33.8 Å². The highest BCUT2D eigenvalue weighted by molar-refractivity contribution is 7.89. The molecule has 3 rings (SSSR count). The first-order valence-electron chi connectivity index (χ1n) is 8.80. The number of primary sulfonamides is 1. The minimum Gasteiger partial charge on any atom is -0.493 e. The van der Waals surface area contributed by atoms with Crippen LogP contribution in [0, 0.1) is 0 Å². The van der Waals surface area contributed by atoms with E-state index in [4.69, 9.17) is 14.6 Å². The number of benzene rings is 2. The van der Waals surface area contributed by atoms with Crippen LogP contribution in [0.5, 0.6) is 11.5 Å². The van der Waals surface area contributed by atoms with Gasteiger partial charge in [-0.3, -0.25) is 4.79 Å². The van der Waals surface area contributed by atoms with Crippen molar-refractivity contribution >= 4 is 33.4 Å². The van der Waals surface area contributed by atoms with Crippen molar-refractivity contribution in [1.29, 1.82) is 0 Å². The average Bonchev–Trinajstić information content (AvgIpc) is 2.97. The lowest BCUT2D eigenvalue weighted by molar-refractivity contribution is -0.114. The molecule has 0 saturated carbocycles. The van der Waals surface area contributed by atoms with Gasteiger partial charge in [0.15, 0.2) is 11.5 Å². The van der Waals surface area contributed by atoms with Gasteiger partial charge in [-0.2, -0.15) is 10.1 Å². The van der Waals surface area contributed by atoms with Gasteiger partial charge in [0, 0.05) is 0 Å². The number of carbonyl (C=O) groups excluding carboxylic acids is 1. The summed E-state index contributed by atoms with van der Waals surface area (Å²) in [6.07, 6.45) is 1.72. The van der Waals surface area contributed by atoms with E-state index >= 15 is 0 Å². The number of nitrogens with two attached hydrogens (primary N) is 1. The van der Waals surface area contributed by atoms with Gasteiger partial charge >= 0.3 is 0 Å². The molecule has 2 N–H and O–H groups in total. The van der Waals surface area contributed by atoms with Gasteiger partial charge in [-0.15, -0.1) is 0 Å². The maximum absolute atomic E-state index is 12.9. The summed E-state index contributed by atoms with van der Waals surface area (Å²) in [5.74, 6) is 0.868. The Morgan fingerprint density at radius 3 is 2.41 bits per heavy atom. The lowest BCUT2D eigenvalue weighted by atomic mass is 10.1. The Hall–Kier alpha value is -3.17. The molecule has 2 aromatic carbocycles. The fourth-order valence-corrected chi connectivity index (χ4v) is 3.37. The zero-order valence-electron chi connectivity index (χ0n) is 16.2. The normalized spacial score (nSPS) is 15.6. The van der Waals surface area contributed by atoms with Gasteiger partial charge in [0.05, 0.1) is 35.6 Å². The summed E-state index contributed by atoms with van der Waals surface area (Å²) in [4.78, 5) is 12.8. The summed E-state index contributed by atoms with van der Waals surface area (Å²) in [6, 6.07) is 11.0. The van der Waals surface area contributed by atoms with Gasteiger partial charge in [-0.05, 0) is 61.9 Å². The van der Waals surface area contributed by atoms with Crippen molar-refractivity contribution in [2.75, 3.05) is 18.7 Å². The molecule has 0 saturated heterocycles. The lowest BCUT2D eigenvalue weighted by Crippen LogP contribution is -2.21. The third-order valence-corrected chi connectivity index (χ3v) is 5.20. The zero-order valence-corrected chi connectivity index (χ0v) is 17.1. The molecule has 1 aliphatic heterocycles. The quantitative estimate of drug-likeness (QED) is 0.729. The molecule has 0 spiro atoms. The summed E-state index contributed by atoms with van der Waals surface area (Å²) in [5.41, 5.74) is 2.16. The van der Waals surface area contributed by atoms with Crippen molar-refractivity contribution < 1.29 is 22.7 Å². The molecule has 0 bridgehead atoms. The van der Waals surface area contributed by atoms with Crippen LogP contribution in [0.2, 0.25) is 0 Å². The number of anilines is 1. The first-order valence-corrected chi connectivity index (χ1v) is 10.3. The number of hydrogen-bond donors (Lipinski definition) is 1. The molecular weight excluding hydrogens is 394 g/mol. The Labute approximate surface area is 169 Å². The topological polar surface area (TPSA) is 111 Å². The van der Waals surface area contributed by atoms with E-state index in [1.807, 2.05) is 13.0 Å². The average molecular weight is 415 g/mol. The smallest absolute Gasteiger partial charge is 0.280 e. The van der Waals surface area contributed by atoms with Gasteiger partial charge < -0.3 is 9.47 Å². The number of sulfonamides is 1. The standard InChI is InChI=1S/C20H21N3O5S/c1-4-28-18-10-5-14(12-19(18)27-3)11-17-13(2)22-23(20(17)24)15-6-8-16(9-7-15)29(21,25)26/h5-12H,4H2,1-3H3,(H2,21,25,26)/b17-11-. The molecule has 1 heterocycles. The predicted molar refractivity (Wildman–Crippen MR) is 111 cm³/mol. The number of methoxy groups -OCH3 is 1. The molecule has 9 heteroatoms. The number of rotatable bonds is 6. The second-order valence-electron chi connectivity index (χ2n) is 6.24. The van der Waals surface area contributed by atoms with E-state index in [0.717, 1.165) is 5.56 Å². The van der Waals surface area contributed by atoms with Crippen molar-refractivity contribution in [2.45, 2.75) is 18.7 Å². The van der Waals surface area contributed by atoms with Crippen molar-refractivity contribution in [3.8, 4) is 11.5 Å². The van der Waals surface area contributed by atoms with E-state index in [2.05, 4.69) is 5.10 Å². The summed E-state index contributed by atoms with van der Waals surface area (Å²) in [7, 11) is -2.26. The highest BCUT2D eigenvalue weighted by Gasteiger charge is 2.29. The summed E-state index contributed by atoms with van der Waals surface area (Å²) < 4.78 is 33.6. The Bertz CT molecular complexity index is 1110. The molecule has 1 aliphatic rings. The lowest BCUT2D eigenvalue weighted by Gasteiger charge is -2.12. The summed E-state index contributed by atoms with van der Waals surface area (Å²) in [6.45, 7) is 4.13. The van der Waals surface area contributed by atoms with Crippen molar-refractivity contribution in [3.05, 3.63) is 53.6 Å². The Kier molecular flexibility index (Phi) is 5.71. The first kappa shape index (κ1) is 20.6. The van der Waals surface area contributed by atoms with E-state index in [-0.39, 0.29) is 10.8 Å². The fraction of sp³-hybridized carbons (Fsp3) is 0.200. The van der Waals surface area contributed by atoms with Crippen LogP contribution in [0.1, 0.15) is 19.4 Å². The number of carbonyl (C=O) groups is 1. The van der Waals surface area contributed by atoms with Crippen LogP contribution < -0.4 is 19.6 Å². The molecule has 0 fully saturated rings. The molecule has 152 valence electrons. The van der Waals surface area contributed by atoms with E-state index in [0.29, 0.717) is 35.1 Å². The zero-order chi connectivity index (χ0) is 21.2. The van der Waals surface area contributed by atoms with Crippen molar-refractivity contribution in [1.82, 2.24) is 0 Å². The Morgan fingerprint density at radius 2 is 1.83 bits per heavy atom. The van der Waals surface area contributed by atoms with Crippen LogP contribution in [0.3, 0.4) is 0 Å². The SMILES string of the molecule is CCOc1ccc(/C=C2\C(=O)N(c3ccc(S(N)(=O)=O)cc3)N=C2C)cc1OC.